The van der Waals surface area contributed by atoms with Crippen molar-refractivity contribution in [3.8, 4) is 22.7 Å². The third-order valence-electron chi connectivity index (χ3n) is 8.86. The van der Waals surface area contributed by atoms with Crippen molar-refractivity contribution >= 4 is 22.8 Å². The fourth-order valence-corrected chi connectivity index (χ4v) is 6.52. The fourth-order valence-electron chi connectivity index (χ4n) is 6.52. The second-order valence-corrected chi connectivity index (χ2v) is 12.2. The molecule has 1 aromatic carbocycles. The molecular weight excluding hydrogens is 601 g/mol. The molecule has 46 heavy (non-hydrogen) atoms. The molecule has 3 aromatic heterocycles. The Balaban J connectivity index is 1.44. The third-order valence-corrected chi connectivity index (χ3v) is 8.86. The van der Waals surface area contributed by atoms with Crippen LogP contribution in [-0.4, -0.2) is 81.5 Å². The number of benzene rings is 1. The van der Waals surface area contributed by atoms with E-state index in [9.17, 15) is 14.0 Å². The zero-order valence-corrected chi connectivity index (χ0v) is 25.7. The highest BCUT2D eigenvalue weighted by Crippen LogP contribution is 2.38. The number of alkyl halides is 1. The van der Waals surface area contributed by atoms with Crippen molar-refractivity contribution in [2.45, 2.75) is 57.8 Å². The molecule has 0 aliphatic carbocycles. The lowest BCUT2D eigenvalue weighted by Gasteiger charge is -2.40. The number of aromatic nitrogens is 4. The van der Waals surface area contributed by atoms with Gasteiger partial charge in [-0.25, -0.2) is 27.5 Å². The number of epoxide rings is 1. The predicted molar refractivity (Wildman–Crippen MR) is 164 cm³/mol. The van der Waals surface area contributed by atoms with Crippen LogP contribution in [0.3, 0.4) is 0 Å². The molecule has 2 unspecified atom stereocenters. The predicted octanol–water partition coefficient (Wildman–Crippen LogP) is 4.34. The number of rotatable bonds is 4. The van der Waals surface area contributed by atoms with E-state index in [1.807, 2.05) is 31.7 Å². The minimum absolute atomic E-state index is 0.0862. The van der Waals surface area contributed by atoms with E-state index in [4.69, 9.17) is 9.47 Å². The number of ether oxygens (including phenoxy) is 2. The molecule has 10 nitrogen and oxygen atoms in total. The Morgan fingerprint density at radius 2 is 1.96 bits per heavy atom. The minimum Gasteiger partial charge on any atom is -0.493 e. The maximum Gasteiger partial charge on any atom is 0.355 e. The van der Waals surface area contributed by atoms with E-state index in [0.717, 1.165) is 5.56 Å². The Hall–Kier alpha value is -4.52. The zero-order valence-electron chi connectivity index (χ0n) is 25.7. The lowest BCUT2D eigenvalue weighted by atomic mass is 10.0. The minimum atomic E-state index is -0.812. The summed E-state index contributed by atoms with van der Waals surface area (Å²) in [7, 11) is 0. The van der Waals surface area contributed by atoms with Crippen LogP contribution in [0.1, 0.15) is 44.4 Å². The highest BCUT2D eigenvalue weighted by Gasteiger charge is 2.48. The summed E-state index contributed by atoms with van der Waals surface area (Å²) in [5, 5.41) is 0.246. The molecule has 3 atom stereocenters. The van der Waals surface area contributed by atoms with Gasteiger partial charge in [-0.3, -0.25) is 9.78 Å². The topological polar surface area (TPSA) is 106 Å². The summed E-state index contributed by atoms with van der Waals surface area (Å²) in [5.74, 6) is -1.54. The number of pyridine rings is 2. The van der Waals surface area contributed by atoms with E-state index in [-0.39, 0.29) is 78.0 Å². The van der Waals surface area contributed by atoms with Crippen molar-refractivity contribution in [2.75, 3.05) is 37.8 Å². The molecule has 3 aliphatic heterocycles. The zero-order chi connectivity index (χ0) is 32.3. The number of hydrogen-bond acceptors (Lipinski definition) is 8. The smallest absolute Gasteiger partial charge is 0.355 e. The number of hydrogen-bond donors (Lipinski definition) is 0. The van der Waals surface area contributed by atoms with Crippen LogP contribution in [0.4, 0.5) is 19.0 Å². The number of nitrogens with zero attached hydrogens (tertiary/aromatic N) is 6. The van der Waals surface area contributed by atoms with Gasteiger partial charge in [0.15, 0.2) is 17.6 Å². The summed E-state index contributed by atoms with van der Waals surface area (Å²) in [6, 6.07) is 7.01. The fraction of sp³-hybridized carbons (Fsp3) is 0.424. The second-order valence-electron chi connectivity index (χ2n) is 12.2. The van der Waals surface area contributed by atoms with Crippen molar-refractivity contribution in [1.29, 1.82) is 0 Å². The van der Waals surface area contributed by atoms with E-state index < -0.39 is 36.2 Å². The summed E-state index contributed by atoms with van der Waals surface area (Å²) in [6.07, 6.45) is 1.26. The number of aryl methyl sites for hydroxylation is 1. The van der Waals surface area contributed by atoms with Crippen LogP contribution >= 0.6 is 0 Å². The van der Waals surface area contributed by atoms with Gasteiger partial charge in [-0.15, -0.1) is 0 Å². The number of piperazine rings is 1. The van der Waals surface area contributed by atoms with Gasteiger partial charge in [0.05, 0.1) is 28.9 Å². The maximum atomic E-state index is 16.2. The molecule has 240 valence electrons. The largest absolute Gasteiger partial charge is 0.493 e. The highest BCUT2D eigenvalue weighted by molar-refractivity contribution is 5.91. The van der Waals surface area contributed by atoms with Crippen LogP contribution in [-0.2, 0) is 16.0 Å². The van der Waals surface area contributed by atoms with Gasteiger partial charge in [-0.2, -0.15) is 4.98 Å². The van der Waals surface area contributed by atoms with Gasteiger partial charge in [-0.05, 0) is 55.5 Å². The van der Waals surface area contributed by atoms with Crippen LogP contribution in [0.25, 0.3) is 28.0 Å². The van der Waals surface area contributed by atoms with Crippen LogP contribution in [0.5, 0.6) is 5.75 Å². The second kappa shape index (κ2) is 11.7. The summed E-state index contributed by atoms with van der Waals surface area (Å²) < 4.78 is 57.1. The van der Waals surface area contributed by atoms with Crippen molar-refractivity contribution in [2.24, 2.45) is 0 Å². The molecule has 0 N–H and O–H groups in total. The summed E-state index contributed by atoms with van der Waals surface area (Å²) in [6.45, 7) is 6.10. The Labute approximate surface area is 262 Å². The van der Waals surface area contributed by atoms with E-state index in [1.54, 1.807) is 17.2 Å². The van der Waals surface area contributed by atoms with E-state index in [1.165, 1.54) is 22.8 Å². The SMILES string of the molecule is CC(C)c1nccc2c1-n1c(=O)nc(N3CCN(C(=O)C4OC4CF)C[C@@H]3C)c3cc(F)c(nc31)-c1c(F)cccc1OCCC2. The quantitative estimate of drug-likeness (QED) is 0.306. The average Bonchev–Trinajstić information content (AvgIpc) is 3.82. The lowest BCUT2D eigenvalue weighted by Crippen LogP contribution is -2.55. The van der Waals surface area contributed by atoms with Crippen molar-refractivity contribution < 1.29 is 27.4 Å². The molecule has 6 heterocycles. The number of carbonyl (C=O) groups excluding carboxylic acids is 1. The standard InChI is InChI=1S/C33H33F3N6O4/c1-17(2)26-28-19(9-10-37-26)6-5-13-45-23-8-4-7-21(35)25(23)27-22(36)14-20-30(39-33(44)42(28)31(20)38-27)41-12-11-40(16-18(41)3)32(43)29-24(15-34)46-29/h4,7-10,14,17-18,24,29H,5-6,11-13,15-16H2,1-3H3/t18-,24?,29?/m0/s1. The highest BCUT2D eigenvalue weighted by atomic mass is 19.1. The number of amides is 1. The van der Waals surface area contributed by atoms with Gasteiger partial charge in [0.1, 0.15) is 35.9 Å². The van der Waals surface area contributed by atoms with Gasteiger partial charge in [0.2, 0.25) is 0 Å². The number of carbonyl (C=O) groups is 1. The first-order chi connectivity index (χ1) is 22.2. The molecule has 1 amide bonds. The van der Waals surface area contributed by atoms with Crippen molar-refractivity contribution in [1.82, 2.24) is 24.4 Å². The van der Waals surface area contributed by atoms with Gasteiger partial charge in [0, 0.05) is 31.9 Å². The Morgan fingerprint density at radius 1 is 1.13 bits per heavy atom. The van der Waals surface area contributed by atoms with Crippen LogP contribution in [0.15, 0.2) is 41.3 Å². The Bertz CT molecular complexity index is 1920. The van der Waals surface area contributed by atoms with E-state index in [0.29, 0.717) is 24.2 Å². The van der Waals surface area contributed by atoms with Gasteiger partial charge in [-0.1, -0.05) is 19.9 Å². The lowest BCUT2D eigenvalue weighted by molar-refractivity contribution is -0.133. The molecule has 4 aromatic rings. The third kappa shape index (κ3) is 5.06. The van der Waals surface area contributed by atoms with E-state index >= 15 is 8.78 Å². The van der Waals surface area contributed by atoms with Crippen LogP contribution < -0.4 is 15.3 Å². The van der Waals surface area contributed by atoms with Gasteiger partial charge in [0.25, 0.3) is 5.91 Å². The van der Waals surface area contributed by atoms with Gasteiger partial charge < -0.3 is 19.3 Å². The molecule has 0 spiro atoms. The molecule has 13 heteroatoms. The number of anilines is 1. The van der Waals surface area contributed by atoms with E-state index in [2.05, 4.69) is 15.0 Å². The molecule has 0 saturated carbocycles. The normalized spacial score (nSPS) is 21.0. The number of halogens is 3. The average molecular weight is 635 g/mol. The summed E-state index contributed by atoms with van der Waals surface area (Å²) in [5.41, 5.74) is 1.00. The van der Waals surface area contributed by atoms with Crippen molar-refractivity contribution in [3.05, 3.63) is 69.9 Å². The maximum absolute atomic E-state index is 16.2. The number of fused-ring (bicyclic) bond motifs is 5. The Morgan fingerprint density at radius 3 is 2.70 bits per heavy atom. The molecule has 2 saturated heterocycles. The first-order valence-corrected chi connectivity index (χ1v) is 15.5. The molecular formula is C33H33F3N6O4. The van der Waals surface area contributed by atoms with Gasteiger partial charge >= 0.3 is 5.69 Å². The summed E-state index contributed by atoms with van der Waals surface area (Å²) >= 11 is 0. The molecule has 3 aliphatic rings. The van der Waals surface area contributed by atoms with Crippen LogP contribution in [0, 0.1) is 11.6 Å². The molecule has 2 bridgehead atoms. The van der Waals surface area contributed by atoms with Crippen molar-refractivity contribution in [3.63, 3.8) is 0 Å². The molecule has 7 rings (SSSR count). The first-order valence-electron chi connectivity index (χ1n) is 15.5. The monoisotopic (exact) mass is 634 g/mol. The first kappa shape index (κ1) is 30.2. The molecule has 0 radical (unpaired) electrons. The Kier molecular flexibility index (Phi) is 7.66. The summed E-state index contributed by atoms with van der Waals surface area (Å²) in [4.78, 5) is 44.3. The van der Waals surface area contributed by atoms with Crippen LogP contribution in [0.2, 0.25) is 0 Å². The molecule has 2 fully saturated rings.